The summed E-state index contributed by atoms with van der Waals surface area (Å²) in [5, 5.41) is 13.0. The molecular formula is C19H16N6O3. The highest BCUT2D eigenvalue weighted by Crippen LogP contribution is 2.38. The van der Waals surface area contributed by atoms with Gasteiger partial charge in [0.15, 0.2) is 11.7 Å². The molecule has 0 spiro atoms. The van der Waals surface area contributed by atoms with Crippen LogP contribution in [0.3, 0.4) is 0 Å². The molecule has 2 aromatic heterocycles. The Labute approximate surface area is 159 Å². The molecule has 0 fully saturated rings. The lowest BCUT2D eigenvalue weighted by atomic mass is 10.0. The third-order valence-electron chi connectivity index (χ3n) is 4.80. The first-order valence-corrected chi connectivity index (χ1v) is 8.80. The molecule has 0 amide bonds. The molecule has 1 N–H and O–H groups in total. The maximum atomic E-state index is 10.9. The molecule has 0 atom stereocenters. The van der Waals surface area contributed by atoms with Crippen LogP contribution in [0.2, 0.25) is 0 Å². The van der Waals surface area contributed by atoms with E-state index in [1.54, 1.807) is 12.4 Å². The number of carboxylic acid groups (broad SMARTS) is 1. The summed E-state index contributed by atoms with van der Waals surface area (Å²) < 4.78 is 7.15. The molecule has 1 aromatic carbocycles. The molecule has 0 saturated heterocycles. The summed E-state index contributed by atoms with van der Waals surface area (Å²) in [5.74, 6) is 1.14. The summed E-state index contributed by atoms with van der Waals surface area (Å²) in [6.07, 6.45) is 4.89. The molecule has 2 aliphatic heterocycles. The van der Waals surface area contributed by atoms with Gasteiger partial charge in [0.2, 0.25) is 5.88 Å². The summed E-state index contributed by atoms with van der Waals surface area (Å²) in [4.78, 5) is 25.8. The van der Waals surface area contributed by atoms with Gasteiger partial charge in [-0.15, -0.1) is 0 Å². The van der Waals surface area contributed by atoms with Crippen LogP contribution in [-0.4, -0.2) is 49.8 Å². The molecule has 0 aliphatic carbocycles. The van der Waals surface area contributed by atoms with Crippen molar-refractivity contribution in [3.05, 3.63) is 48.0 Å². The predicted octanol–water partition coefficient (Wildman–Crippen LogP) is 2.02. The van der Waals surface area contributed by atoms with Crippen LogP contribution in [0.25, 0.3) is 11.1 Å². The number of aromatic nitrogens is 4. The van der Waals surface area contributed by atoms with E-state index >= 15 is 0 Å². The molecule has 0 saturated carbocycles. The van der Waals surface area contributed by atoms with Crippen molar-refractivity contribution in [3.8, 4) is 17.0 Å². The second-order valence-corrected chi connectivity index (χ2v) is 6.63. The fourth-order valence-electron chi connectivity index (χ4n) is 3.51. The van der Waals surface area contributed by atoms with E-state index in [1.807, 2.05) is 19.1 Å². The number of nitrogens with zero attached hydrogens (tertiary/aromatic N) is 6. The van der Waals surface area contributed by atoms with E-state index in [0.29, 0.717) is 24.8 Å². The molecule has 9 heteroatoms. The lowest BCUT2D eigenvalue weighted by molar-refractivity contribution is -0.137. The van der Waals surface area contributed by atoms with Crippen LogP contribution in [0.4, 0.5) is 11.5 Å². The third kappa shape index (κ3) is 2.59. The fourth-order valence-corrected chi connectivity index (χ4v) is 3.51. The van der Waals surface area contributed by atoms with Gasteiger partial charge >= 0.3 is 5.97 Å². The number of hydrogen-bond donors (Lipinski definition) is 1. The monoisotopic (exact) mass is 376 g/mol. The summed E-state index contributed by atoms with van der Waals surface area (Å²) in [7, 11) is 0. The Kier molecular flexibility index (Phi) is 3.61. The molecule has 0 unspecified atom stereocenters. The second kappa shape index (κ2) is 6.15. The lowest BCUT2D eigenvalue weighted by Gasteiger charge is -2.28. The van der Waals surface area contributed by atoms with Gasteiger partial charge < -0.3 is 14.7 Å². The van der Waals surface area contributed by atoms with Gasteiger partial charge in [0.25, 0.3) is 0 Å². The highest BCUT2D eigenvalue weighted by atomic mass is 16.5. The van der Waals surface area contributed by atoms with Gasteiger partial charge in [-0.25, -0.2) is 15.0 Å². The van der Waals surface area contributed by atoms with Crippen LogP contribution in [0.5, 0.6) is 5.88 Å². The van der Waals surface area contributed by atoms with Gasteiger partial charge in [-0.2, -0.15) is 5.10 Å². The Morgan fingerprint density at radius 3 is 3.04 bits per heavy atom. The van der Waals surface area contributed by atoms with E-state index < -0.39 is 5.97 Å². The van der Waals surface area contributed by atoms with Crippen molar-refractivity contribution in [2.45, 2.75) is 13.5 Å². The van der Waals surface area contributed by atoms with Gasteiger partial charge in [-0.3, -0.25) is 9.48 Å². The van der Waals surface area contributed by atoms with E-state index in [4.69, 9.17) is 9.84 Å². The smallest absolute Gasteiger partial charge is 0.325 e. The molecule has 5 rings (SSSR count). The molecule has 9 nitrogen and oxygen atoms in total. The van der Waals surface area contributed by atoms with E-state index in [2.05, 4.69) is 31.0 Å². The Balaban J connectivity index is 1.46. The standard InChI is InChI=1S/C19H16N6O3/c1-11-6-13(2-3-14(11)12-7-22-24(8-12)9-15(26)27)25-4-5-28-19-16-17(20-10-21-19)23-18(16)25/h2-3,6-8,10H,4-5,9H2,1H3,(H,26,27). The molecule has 2 aliphatic rings. The molecule has 0 radical (unpaired) electrons. The Morgan fingerprint density at radius 2 is 2.21 bits per heavy atom. The Morgan fingerprint density at radius 1 is 1.32 bits per heavy atom. The van der Waals surface area contributed by atoms with Crippen LogP contribution >= 0.6 is 0 Å². The van der Waals surface area contributed by atoms with Crippen LogP contribution in [0, 0.1) is 6.92 Å². The summed E-state index contributed by atoms with van der Waals surface area (Å²) in [6, 6.07) is 6.12. The predicted molar refractivity (Wildman–Crippen MR) is 101 cm³/mol. The summed E-state index contributed by atoms with van der Waals surface area (Å²) in [6.45, 7) is 3.02. The zero-order valence-electron chi connectivity index (χ0n) is 15.0. The molecule has 3 aromatic rings. The van der Waals surface area contributed by atoms with Gasteiger partial charge in [0, 0.05) is 17.4 Å². The highest BCUT2D eigenvalue weighted by Gasteiger charge is 2.33. The minimum absolute atomic E-state index is 0.158. The second-order valence-electron chi connectivity index (χ2n) is 6.63. The number of carboxylic acids is 1. The van der Waals surface area contributed by atoms with Crippen LogP contribution in [-0.2, 0) is 11.3 Å². The van der Waals surface area contributed by atoms with Gasteiger partial charge in [-0.1, -0.05) is 6.07 Å². The Hall–Kier alpha value is -3.75. The Bertz CT molecular complexity index is 1140. The van der Waals surface area contributed by atoms with Gasteiger partial charge in [0.05, 0.1) is 12.7 Å². The SMILES string of the molecule is Cc1cc(N2CCOc3ncnc4c3C2=N4)ccc1-c1cnn(CC(=O)O)c1. The average molecular weight is 376 g/mol. The van der Waals surface area contributed by atoms with E-state index in [1.165, 1.54) is 11.0 Å². The summed E-state index contributed by atoms with van der Waals surface area (Å²) >= 11 is 0. The van der Waals surface area contributed by atoms with Crippen molar-refractivity contribution in [1.29, 1.82) is 0 Å². The fraction of sp³-hybridized carbons (Fsp3) is 0.211. The van der Waals surface area contributed by atoms with Crippen molar-refractivity contribution < 1.29 is 14.6 Å². The zero-order chi connectivity index (χ0) is 19.3. The van der Waals surface area contributed by atoms with Crippen molar-refractivity contribution >= 4 is 23.3 Å². The van der Waals surface area contributed by atoms with Crippen LogP contribution in [0.15, 0.2) is 41.9 Å². The quantitative estimate of drug-likeness (QED) is 0.742. The number of rotatable bonds is 4. The largest absolute Gasteiger partial charge is 0.480 e. The van der Waals surface area contributed by atoms with Crippen molar-refractivity contribution in [2.24, 2.45) is 4.99 Å². The zero-order valence-corrected chi connectivity index (χ0v) is 15.0. The minimum atomic E-state index is -0.921. The average Bonchev–Trinajstić information content (AvgIpc) is 3.00. The van der Waals surface area contributed by atoms with E-state index in [9.17, 15) is 4.79 Å². The topological polar surface area (TPSA) is 106 Å². The number of aliphatic imine (C=N–C) groups is 1. The first kappa shape index (κ1) is 16.4. The van der Waals surface area contributed by atoms with E-state index in [0.717, 1.165) is 33.8 Å². The number of carbonyl (C=O) groups is 1. The molecule has 140 valence electrons. The molecule has 0 bridgehead atoms. The summed E-state index contributed by atoms with van der Waals surface area (Å²) in [5.41, 5.74) is 4.81. The maximum absolute atomic E-state index is 10.9. The number of aryl methyl sites for hydroxylation is 1. The number of hydrogen-bond acceptors (Lipinski definition) is 7. The van der Waals surface area contributed by atoms with Crippen molar-refractivity contribution in [3.63, 3.8) is 0 Å². The number of benzene rings is 1. The number of aliphatic carboxylic acids is 1. The number of anilines is 1. The molecule has 28 heavy (non-hydrogen) atoms. The van der Waals surface area contributed by atoms with E-state index in [-0.39, 0.29) is 6.54 Å². The minimum Gasteiger partial charge on any atom is -0.480 e. The number of amidine groups is 1. The lowest BCUT2D eigenvalue weighted by Crippen LogP contribution is -2.35. The van der Waals surface area contributed by atoms with Crippen molar-refractivity contribution in [1.82, 2.24) is 19.7 Å². The van der Waals surface area contributed by atoms with Crippen LogP contribution in [0.1, 0.15) is 11.1 Å². The van der Waals surface area contributed by atoms with Gasteiger partial charge in [0.1, 0.15) is 25.0 Å². The molecule has 4 heterocycles. The normalized spacial score (nSPS) is 14.5. The third-order valence-corrected chi connectivity index (χ3v) is 4.80. The highest BCUT2D eigenvalue weighted by molar-refractivity contribution is 6.20. The van der Waals surface area contributed by atoms with Crippen LogP contribution < -0.4 is 9.64 Å². The van der Waals surface area contributed by atoms with Gasteiger partial charge in [-0.05, 0) is 30.2 Å². The number of ether oxygens (including phenoxy) is 1. The maximum Gasteiger partial charge on any atom is 0.325 e. The first-order valence-electron chi connectivity index (χ1n) is 8.80. The van der Waals surface area contributed by atoms with Crippen molar-refractivity contribution in [2.75, 3.05) is 18.1 Å². The first-order chi connectivity index (χ1) is 13.6. The molecular weight excluding hydrogens is 360 g/mol.